The van der Waals surface area contributed by atoms with E-state index in [1.54, 1.807) is 0 Å². The van der Waals surface area contributed by atoms with E-state index in [4.69, 9.17) is 9.97 Å². The van der Waals surface area contributed by atoms with Gasteiger partial charge in [-0.1, -0.05) is 153 Å². The molecular formula is C49H35N3. The van der Waals surface area contributed by atoms with Crippen molar-refractivity contribution in [2.24, 2.45) is 0 Å². The Morgan fingerprint density at radius 2 is 1.06 bits per heavy atom. The van der Waals surface area contributed by atoms with Gasteiger partial charge >= 0.3 is 0 Å². The molecule has 1 aliphatic rings. The first-order valence-electron chi connectivity index (χ1n) is 17.9. The van der Waals surface area contributed by atoms with Gasteiger partial charge in [0.2, 0.25) is 0 Å². The van der Waals surface area contributed by atoms with Crippen LogP contribution < -0.4 is 0 Å². The molecule has 0 amide bonds. The summed E-state index contributed by atoms with van der Waals surface area (Å²) in [6, 6.07) is 62.8. The number of hydrogen-bond donors (Lipinski definition) is 0. The monoisotopic (exact) mass is 665 g/mol. The molecule has 2 aromatic heterocycles. The van der Waals surface area contributed by atoms with Crippen molar-refractivity contribution in [3.63, 3.8) is 0 Å². The van der Waals surface area contributed by atoms with Crippen molar-refractivity contribution < 1.29 is 0 Å². The van der Waals surface area contributed by atoms with E-state index in [0.717, 1.165) is 44.8 Å². The van der Waals surface area contributed by atoms with Crippen molar-refractivity contribution in [1.29, 1.82) is 0 Å². The molecule has 0 N–H and O–H groups in total. The molecule has 1 aliphatic carbocycles. The summed E-state index contributed by atoms with van der Waals surface area (Å²) in [5, 5.41) is 2.37. The Morgan fingerprint density at radius 3 is 1.85 bits per heavy atom. The highest BCUT2D eigenvalue weighted by molar-refractivity contribution is 6.16. The predicted molar refractivity (Wildman–Crippen MR) is 216 cm³/mol. The van der Waals surface area contributed by atoms with Crippen LogP contribution in [0.15, 0.2) is 176 Å². The van der Waals surface area contributed by atoms with Crippen LogP contribution in [0.5, 0.6) is 0 Å². The molecule has 0 atom stereocenters. The van der Waals surface area contributed by atoms with E-state index >= 15 is 0 Å². The third-order valence-electron chi connectivity index (χ3n) is 10.8. The van der Waals surface area contributed by atoms with E-state index in [1.165, 1.54) is 44.2 Å². The second-order valence-corrected chi connectivity index (χ2v) is 14.2. The molecule has 0 unspecified atom stereocenters. The fourth-order valence-electron chi connectivity index (χ4n) is 8.45. The molecule has 0 saturated carbocycles. The molecule has 2 heterocycles. The SMILES string of the molecule is CC1(C)c2ccccc2-c2cccc(-c3ccc4c(c3)c3c(-c5cc(-c6ccccc6)nc(-c6ccccc6)n5)cccc3n4-c3ccccc3)c21. The van der Waals surface area contributed by atoms with Gasteiger partial charge in [-0.3, -0.25) is 0 Å². The molecule has 246 valence electrons. The summed E-state index contributed by atoms with van der Waals surface area (Å²) in [5.74, 6) is 0.711. The van der Waals surface area contributed by atoms with E-state index in [-0.39, 0.29) is 5.41 Å². The van der Waals surface area contributed by atoms with Gasteiger partial charge in [0.05, 0.1) is 22.4 Å². The molecule has 0 aliphatic heterocycles. The normalized spacial score (nSPS) is 13.0. The second kappa shape index (κ2) is 11.8. The second-order valence-electron chi connectivity index (χ2n) is 14.2. The van der Waals surface area contributed by atoms with Gasteiger partial charge in [0.1, 0.15) is 0 Å². The van der Waals surface area contributed by atoms with Crippen LogP contribution in [0.4, 0.5) is 0 Å². The Hall–Kier alpha value is -6.58. The molecular weight excluding hydrogens is 631 g/mol. The van der Waals surface area contributed by atoms with Gasteiger partial charge in [-0.05, 0) is 69.8 Å². The number of rotatable bonds is 5. The Labute approximate surface area is 303 Å². The van der Waals surface area contributed by atoms with Crippen molar-refractivity contribution in [1.82, 2.24) is 14.5 Å². The lowest BCUT2D eigenvalue weighted by Gasteiger charge is -2.24. The summed E-state index contributed by atoms with van der Waals surface area (Å²) < 4.78 is 2.39. The number of nitrogens with zero attached hydrogens (tertiary/aromatic N) is 3. The number of benzene rings is 7. The summed E-state index contributed by atoms with van der Waals surface area (Å²) in [6.45, 7) is 4.73. The maximum Gasteiger partial charge on any atom is 0.160 e. The first-order valence-corrected chi connectivity index (χ1v) is 17.9. The smallest absolute Gasteiger partial charge is 0.160 e. The van der Waals surface area contributed by atoms with Crippen LogP contribution in [0.3, 0.4) is 0 Å². The van der Waals surface area contributed by atoms with Crippen molar-refractivity contribution in [3.05, 3.63) is 187 Å². The largest absolute Gasteiger partial charge is 0.309 e. The molecule has 0 bridgehead atoms. The molecule has 0 saturated heterocycles. The average molecular weight is 666 g/mol. The maximum absolute atomic E-state index is 5.29. The number of hydrogen-bond acceptors (Lipinski definition) is 2. The first kappa shape index (κ1) is 30.3. The first-order chi connectivity index (χ1) is 25.6. The van der Waals surface area contributed by atoms with Crippen molar-refractivity contribution in [3.8, 4) is 61.8 Å². The Bertz CT molecular complexity index is 2740. The van der Waals surface area contributed by atoms with Gasteiger partial charge < -0.3 is 4.57 Å². The van der Waals surface area contributed by atoms with Gasteiger partial charge in [0, 0.05) is 38.6 Å². The average Bonchev–Trinajstić information content (AvgIpc) is 3.67. The van der Waals surface area contributed by atoms with Crippen molar-refractivity contribution in [2.45, 2.75) is 19.3 Å². The number of fused-ring (bicyclic) bond motifs is 6. The lowest BCUT2D eigenvalue weighted by atomic mass is 9.79. The minimum Gasteiger partial charge on any atom is -0.309 e. The molecule has 7 aromatic carbocycles. The maximum atomic E-state index is 5.29. The van der Waals surface area contributed by atoms with Crippen molar-refractivity contribution >= 4 is 21.8 Å². The molecule has 9 aromatic rings. The highest BCUT2D eigenvalue weighted by Crippen LogP contribution is 2.52. The Kier molecular flexibility index (Phi) is 6.84. The van der Waals surface area contributed by atoms with Crippen LogP contribution in [-0.4, -0.2) is 14.5 Å². The third kappa shape index (κ3) is 4.66. The molecule has 52 heavy (non-hydrogen) atoms. The zero-order valence-electron chi connectivity index (χ0n) is 29.1. The summed E-state index contributed by atoms with van der Waals surface area (Å²) in [7, 11) is 0. The van der Waals surface area contributed by atoms with E-state index in [1.807, 2.05) is 24.3 Å². The zero-order valence-corrected chi connectivity index (χ0v) is 29.1. The summed E-state index contributed by atoms with van der Waals surface area (Å²) in [6.07, 6.45) is 0. The lowest BCUT2D eigenvalue weighted by molar-refractivity contribution is 0.662. The van der Waals surface area contributed by atoms with Crippen LogP contribution >= 0.6 is 0 Å². The van der Waals surface area contributed by atoms with E-state index in [0.29, 0.717) is 5.82 Å². The Morgan fingerprint density at radius 1 is 0.442 bits per heavy atom. The number of para-hydroxylation sites is 1. The van der Waals surface area contributed by atoms with Crippen LogP contribution in [-0.2, 0) is 5.41 Å². The Balaban J connectivity index is 1.26. The van der Waals surface area contributed by atoms with Gasteiger partial charge in [-0.2, -0.15) is 0 Å². The van der Waals surface area contributed by atoms with Crippen LogP contribution in [0.1, 0.15) is 25.0 Å². The van der Waals surface area contributed by atoms with Gasteiger partial charge in [0.15, 0.2) is 5.82 Å². The molecule has 0 radical (unpaired) electrons. The van der Waals surface area contributed by atoms with E-state index in [2.05, 4.69) is 170 Å². The minimum absolute atomic E-state index is 0.122. The molecule has 0 spiro atoms. The van der Waals surface area contributed by atoms with E-state index < -0.39 is 0 Å². The highest BCUT2D eigenvalue weighted by Gasteiger charge is 2.37. The highest BCUT2D eigenvalue weighted by atomic mass is 15.0. The topological polar surface area (TPSA) is 30.7 Å². The molecule has 3 heteroatoms. The van der Waals surface area contributed by atoms with Crippen molar-refractivity contribution in [2.75, 3.05) is 0 Å². The van der Waals surface area contributed by atoms with E-state index in [9.17, 15) is 0 Å². The minimum atomic E-state index is -0.122. The molecule has 3 nitrogen and oxygen atoms in total. The van der Waals surface area contributed by atoms with Gasteiger partial charge in [0.25, 0.3) is 0 Å². The molecule has 0 fully saturated rings. The van der Waals surface area contributed by atoms with Crippen LogP contribution in [0, 0.1) is 0 Å². The zero-order chi connectivity index (χ0) is 34.8. The standard InChI is InChI=1S/C49H35N3/c1-49(2)41-26-13-12-22-37(41)38-24-14-23-36(47(38)49)34-28-29-44-40(30-34)46-39(25-15-27-45(46)52(44)35-20-10-5-11-21-35)43-31-42(32-16-6-3-7-17-32)50-48(51-43)33-18-8-4-9-19-33/h3-31H,1-2H3. The third-order valence-corrected chi connectivity index (χ3v) is 10.8. The van der Waals surface area contributed by atoms with Gasteiger partial charge in [-0.15, -0.1) is 0 Å². The number of aromatic nitrogens is 3. The fraction of sp³-hybridized carbons (Fsp3) is 0.0612. The lowest BCUT2D eigenvalue weighted by Crippen LogP contribution is -2.16. The molecule has 10 rings (SSSR count). The summed E-state index contributed by atoms with van der Waals surface area (Å²) in [5.41, 5.74) is 16.2. The van der Waals surface area contributed by atoms with Crippen LogP contribution in [0.25, 0.3) is 83.6 Å². The predicted octanol–water partition coefficient (Wildman–Crippen LogP) is 12.5. The summed E-state index contributed by atoms with van der Waals surface area (Å²) in [4.78, 5) is 10.4. The summed E-state index contributed by atoms with van der Waals surface area (Å²) >= 11 is 0. The van der Waals surface area contributed by atoms with Crippen LogP contribution in [0.2, 0.25) is 0 Å². The quantitative estimate of drug-likeness (QED) is 0.183. The van der Waals surface area contributed by atoms with Gasteiger partial charge in [-0.25, -0.2) is 9.97 Å². The fourth-order valence-corrected chi connectivity index (χ4v) is 8.45.